The van der Waals surface area contributed by atoms with E-state index in [2.05, 4.69) is 20.1 Å². The van der Waals surface area contributed by atoms with Crippen LogP contribution in [-0.2, 0) is 14.4 Å². The lowest BCUT2D eigenvalue weighted by atomic mass is 9.70. The first kappa shape index (κ1) is 30.2. The Morgan fingerprint density at radius 3 is 2.50 bits per heavy atom. The smallest absolute Gasteiger partial charge is 0.247 e. The first-order valence-corrected chi connectivity index (χ1v) is 15.4. The maximum atomic E-state index is 14.3. The van der Waals surface area contributed by atoms with E-state index in [-0.39, 0.29) is 29.6 Å². The number of aliphatic hydroxyl groups is 1. The van der Waals surface area contributed by atoms with Crippen molar-refractivity contribution >= 4 is 35.2 Å². The number of unbranched alkanes of at least 4 members (excludes halogenated alkanes) is 1. The Morgan fingerprint density at radius 2 is 1.88 bits per heavy atom. The minimum absolute atomic E-state index is 0.0322. The molecule has 0 radical (unpaired) electrons. The third-order valence-electron chi connectivity index (χ3n) is 8.36. The predicted molar refractivity (Wildman–Crippen MR) is 159 cm³/mol. The fourth-order valence-electron chi connectivity index (χ4n) is 6.69. The molecule has 3 heterocycles. The Kier molecular flexibility index (Phi) is 10.0. The number of carbonyl (C=O) groups is 3. The fraction of sp³-hybridized carbons (Fsp3) is 0.581. The van der Waals surface area contributed by atoms with E-state index >= 15 is 0 Å². The van der Waals surface area contributed by atoms with Crippen LogP contribution in [0.25, 0.3) is 0 Å². The number of anilines is 1. The molecule has 8 nitrogen and oxygen atoms in total. The first-order valence-electron chi connectivity index (χ1n) is 14.5. The van der Waals surface area contributed by atoms with Crippen molar-refractivity contribution in [1.29, 1.82) is 0 Å². The summed E-state index contributed by atoms with van der Waals surface area (Å²) in [5.74, 6) is -0.702. The first-order chi connectivity index (χ1) is 19.4. The van der Waals surface area contributed by atoms with E-state index in [1.165, 1.54) is 0 Å². The molecule has 4 rings (SSSR count). The average molecular weight is 570 g/mol. The number of benzene rings is 1. The molecule has 3 aliphatic heterocycles. The summed E-state index contributed by atoms with van der Waals surface area (Å²) < 4.78 is 4.92. The van der Waals surface area contributed by atoms with Gasteiger partial charge in [0.15, 0.2) is 0 Å². The van der Waals surface area contributed by atoms with Crippen LogP contribution in [0.4, 0.5) is 5.69 Å². The lowest BCUT2D eigenvalue weighted by molar-refractivity contribution is -0.142. The second-order valence-corrected chi connectivity index (χ2v) is 12.4. The van der Waals surface area contributed by atoms with Gasteiger partial charge in [-0.25, -0.2) is 0 Å². The average Bonchev–Trinajstić information content (AvgIpc) is 3.60. The Balaban J connectivity index is 1.69. The van der Waals surface area contributed by atoms with Crippen LogP contribution in [0, 0.1) is 11.8 Å². The van der Waals surface area contributed by atoms with Crippen LogP contribution in [0.1, 0.15) is 46.0 Å². The minimum Gasteiger partial charge on any atom is -0.494 e. The van der Waals surface area contributed by atoms with Crippen LogP contribution in [-0.4, -0.2) is 88.1 Å². The number of nitrogens with zero attached hydrogens (tertiary/aromatic N) is 3. The van der Waals surface area contributed by atoms with Gasteiger partial charge in [0.2, 0.25) is 17.7 Å². The summed E-state index contributed by atoms with van der Waals surface area (Å²) in [7, 11) is 0. The zero-order chi connectivity index (χ0) is 28.9. The summed E-state index contributed by atoms with van der Waals surface area (Å²) in [6, 6.07) is 6.75. The van der Waals surface area contributed by atoms with E-state index in [0.29, 0.717) is 39.2 Å². The highest BCUT2D eigenvalue weighted by Gasteiger charge is 2.74. The Labute approximate surface area is 242 Å². The molecule has 1 N–H and O–H groups in total. The molecule has 2 bridgehead atoms. The molecule has 1 aromatic rings. The number of aliphatic hydroxyl groups excluding tert-OH is 1. The summed E-state index contributed by atoms with van der Waals surface area (Å²) in [4.78, 5) is 47.9. The number of amides is 3. The normalized spacial score (nSPS) is 26.5. The molecule has 2 unspecified atom stereocenters. The zero-order valence-electron chi connectivity index (χ0n) is 23.8. The number of fused-ring (bicyclic) bond motifs is 1. The van der Waals surface area contributed by atoms with Crippen molar-refractivity contribution in [2.24, 2.45) is 11.8 Å². The number of hydrogen-bond acceptors (Lipinski definition) is 6. The van der Waals surface area contributed by atoms with Crippen molar-refractivity contribution < 1.29 is 24.2 Å². The number of hydrogen-bond donors (Lipinski definition) is 1. The largest absolute Gasteiger partial charge is 0.494 e. The van der Waals surface area contributed by atoms with E-state index in [4.69, 9.17) is 4.74 Å². The predicted octanol–water partition coefficient (Wildman–Crippen LogP) is 3.89. The second kappa shape index (κ2) is 13.3. The van der Waals surface area contributed by atoms with E-state index in [1.807, 2.05) is 36.1 Å². The molecular formula is C31H43N3O5S. The zero-order valence-corrected chi connectivity index (χ0v) is 24.6. The molecular weight excluding hydrogens is 526 g/mol. The molecule has 0 aromatic heterocycles. The second-order valence-electron chi connectivity index (χ2n) is 10.8. The minimum atomic E-state index is -0.654. The third kappa shape index (κ3) is 5.42. The van der Waals surface area contributed by atoms with Gasteiger partial charge in [-0.2, -0.15) is 0 Å². The van der Waals surface area contributed by atoms with Gasteiger partial charge in [-0.3, -0.25) is 14.4 Å². The molecule has 218 valence electrons. The van der Waals surface area contributed by atoms with Gasteiger partial charge < -0.3 is 24.5 Å². The van der Waals surface area contributed by atoms with Crippen LogP contribution in [0.15, 0.2) is 49.6 Å². The van der Waals surface area contributed by atoms with Crippen LogP contribution < -0.4 is 9.64 Å². The van der Waals surface area contributed by atoms with Crippen molar-refractivity contribution in [3.8, 4) is 5.75 Å². The van der Waals surface area contributed by atoms with Gasteiger partial charge in [-0.05, 0) is 56.9 Å². The topological polar surface area (TPSA) is 90.4 Å². The van der Waals surface area contributed by atoms with Gasteiger partial charge in [-0.15, -0.1) is 24.9 Å². The number of rotatable bonds is 15. The summed E-state index contributed by atoms with van der Waals surface area (Å²) in [6.45, 7) is 13.8. The van der Waals surface area contributed by atoms with Gasteiger partial charge in [0.25, 0.3) is 0 Å². The molecule has 1 aromatic carbocycles. The summed E-state index contributed by atoms with van der Waals surface area (Å²) >= 11 is 1.67. The number of ether oxygens (including phenoxy) is 1. The van der Waals surface area contributed by atoms with E-state index in [0.717, 1.165) is 37.1 Å². The number of likely N-dealkylation sites (tertiary alicyclic amines) is 1. The molecule has 3 amide bonds. The Morgan fingerprint density at radius 1 is 1.15 bits per heavy atom. The maximum absolute atomic E-state index is 14.3. The number of thioether (sulfide) groups is 1. The molecule has 5 atom stereocenters. The van der Waals surface area contributed by atoms with Gasteiger partial charge in [0.1, 0.15) is 11.8 Å². The van der Waals surface area contributed by atoms with Crippen molar-refractivity contribution in [2.45, 2.75) is 62.0 Å². The van der Waals surface area contributed by atoms with Crippen LogP contribution >= 0.6 is 11.8 Å². The van der Waals surface area contributed by atoms with Gasteiger partial charge in [0.05, 0.1) is 23.2 Å². The van der Waals surface area contributed by atoms with Crippen LogP contribution in [0.2, 0.25) is 0 Å². The molecule has 3 saturated heterocycles. The van der Waals surface area contributed by atoms with Crippen molar-refractivity contribution in [3.63, 3.8) is 0 Å². The molecule has 3 fully saturated rings. The molecule has 0 saturated carbocycles. The quantitative estimate of drug-likeness (QED) is 0.323. The summed E-state index contributed by atoms with van der Waals surface area (Å²) in [5.41, 5.74) is 0.724. The van der Waals surface area contributed by atoms with Crippen molar-refractivity contribution in [1.82, 2.24) is 9.80 Å². The molecule has 3 aliphatic rings. The van der Waals surface area contributed by atoms with Crippen molar-refractivity contribution in [3.05, 3.63) is 49.6 Å². The summed E-state index contributed by atoms with van der Waals surface area (Å²) in [6.07, 6.45) is 7.12. The fourth-order valence-corrected chi connectivity index (χ4v) is 8.89. The van der Waals surface area contributed by atoms with E-state index in [1.54, 1.807) is 33.7 Å². The molecule has 9 heteroatoms. The Bertz CT molecular complexity index is 1090. The number of carbonyl (C=O) groups excluding carboxylic acids is 3. The van der Waals surface area contributed by atoms with Gasteiger partial charge >= 0.3 is 0 Å². The van der Waals surface area contributed by atoms with E-state index < -0.39 is 22.6 Å². The standard InChI is InChI=1S/C31H43N3O5S/c1-5-9-19-32(17-6-2)30(38)27-31-16-15-24(40-31)25(26(31)29(37)34(27)20-10-21-35)28(36)33(18-7-3)22-11-13-23(14-12-22)39-8-4/h6-7,11-14,24-27,35H,2-3,5,8-10,15-21H2,1,4H3/t24-,25+,26-,27?,31?/m0/s1. The lowest BCUT2D eigenvalue weighted by Gasteiger charge is -2.37. The maximum Gasteiger partial charge on any atom is 0.247 e. The highest BCUT2D eigenvalue weighted by molar-refractivity contribution is 8.02. The highest BCUT2D eigenvalue weighted by Crippen LogP contribution is 2.66. The van der Waals surface area contributed by atoms with Gasteiger partial charge in [0, 0.05) is 43.7 Å². The highest BCUT2D eigenvalue weighted by atomic mass is 32.2. The molecule has 40 heavy (non-hydrogen) atoms. The van der Waals surface area contributed by atoms with Crippen molar-refractivity contribution in [2.75, 3.05) is 44.3 Å². The lowest BCUT2D eigenvalue weighted by Crippen LogP contribution is -2.55. The Hall–Kier alpha value is -2.78. The van der Waals surface area contributed by atoms with Gasteiger partial charge in [-0.1, -0.05) is 25.5 Å². The van der Waals surface area contributed by atoms with Crippen LogP contribution in [0.3, 0.4) is 0 Å². The third-order valence-corrected chi connectivity index (χ3v) is 10.3. The van der Waals surface area contributed by atoms with E-state index in [9.17, 15) is 19.5 Å². The molecule has 1 spiro atoms. The van der Waals surface area contributed by atoms with Crippen LogP contribution in [0.5, 0.6) is 5.75 Å². The summed E-state index contributed by atoms with van der Waals surface area (Å²) in [5, 5.41) is 9.57. The molecule has 0 aliphatic carbocycles. The SMILES string of the molecule is C=CCN(CCCC)C(=O)C1N(CCCO)C(=O)[C@@H]2[C@H](C(=O)N(CC=C)c3ccc(OCC)cc3)[C@@H]3CCC12S3. The monoisotopic (exact) mass is 569 g/mol.